The number of aromatic nitrogens is 2. The fourth-order valence-corrected chi connectivity index (χ4v) is 2.80. The van der Waals surface area contributed by atoms with Gasteiger partial charge in [-0.25, -0.2) is 5.43 Å². The Labute approximate surface area is 130 Å². The first-order chi connectivity index (χ1) is 10.1. The first kappa shape index (κ1) is 14.6. The molecule has 2 aromatic rings. The molecule has 0 spiro atoms. The van der Waals surface area contributed by atoms with Gasteiger partial charge in [-0.15, -0.1) is 0 Å². The lowest BCUT2D eigenvalue weighted by molar-refractivity contribution is -0.105. The second-order valence-corrected chi connectivity index (χ2v) is 6.21. The Bertz CT molecular complexity index is 670. The van der Waals surface area contributed by atoms with Crippen molar-refractivity contribution in [3.63, 3.8) is 0 Å². The molecule has 2 atom stereocenters. The number of rotatable bonds is 2. The quantitative estimate of drug-likeness (QED) is 0.669. The average Bonchev–Trinajstić information content (AvgIpc) is 2.46. The summed E-state index contributed by atoms with van der Waals surface area (Å²) in [5.41, 5.74) is 4.61. The van der Waals surface area contributed by atoms with E-state index in [1.807, 2.05) is 24.3 Å². The van der Waals surface area contributed by atoms with E-state index < -0.39 is 11.2 Å². The van der Waals surface area contributed by atoms with E-state index in [9.17, 15) is 4.55 Å². The highest BCUT2D eigenvalue weighted by Gasteiger charge is 2.31. The van der Waals surface area contributed by atoms with E-state index in [0.29, 0.717) is 16.5 Å². The van der Waals surface area contributed by atoms with Crippen molar-refractivity contribution in [2.24, 2.45) is 0 Å². The molecule has 1 aromatic heterocycles. The predicted molar refractivity (Wildman–Crippen MR) is 79.2 cm³/mol. The number of hydrogen-bond donors (Lipinski definition) is 1. The summed E-state index contributed by atoms with van der Waals surface area (Å²) in [5.74, 6) is 0.510. The van der Waals surface area contributed by atoms with Gasteiger partial charge in [-0.05, 0) is 11.6 Å². The molecule has 3 rings (SSSR count). The normalized spacial score (nSPS) is 19.7. The summed E-state index contributed by atoms with van der Waals surface area (Å²) in [7, 11) is 1.73. The summed E-state index contributed by atoms with van der Waals surface area (Å²) in [5, 5.41) is 2.36. The third-order valence-electron chi connectivity index (χ3n) is 3.05. The topological polar surface area (TPSA) is 73.3 Å². The zero-order chi connectivity index (χ0) is 15.0. The van der Waals surface area contributed by atoms with Crippen LogP contribution < -0.4 is 10.3 Å². The van der Waals surface area contributed by atoms with Crippen LogP contribution in [-0.2, 0) is 11.2 Å². The van der Waals surface area contributed by atoms with E-state index in [-0.39, 0.29) is 11.2 Å². The lowest BCUT2D eigenvalue weighted by atomic mass is 10.0. The molecular formula is C13H13ClN4O2S. The van der Waals surface area contributed by atoms with Crippen molar-refractivity contribution in [2.75, 3.05) is 13.3 Å². The number of hydrazine groups is 1. The molecule has 0 saturated carbocycles. The molecule has 1 aromatic carbocycles. The van der Waals surface area contributed by atoms with Crippen LogP contribution >= 0.6 is 11.6 Å². The van der Waals surface area contributed by atoms with Crippen LogP contribution in [0.5, 0.6) is 5.75 Å². The van der Waals surface area contributed by atoms with Gasteiger partial charge in [-0.2, -0.15) is 9.97 Å². The maximum Gasteiger partial charge on any atom is 0.342 e. The van der Waals surface area contributed by atoms with E-state index in [1.54, 1.807) is 7.05 Å². The Balaban J connectivity index is 2.11. The third-order valence-corrected chi connectivity index (χ3v) is 4.11. The third kappa shape index (κ3) is 2.83. The number of halogens is 1. The van der Waals surface area contributed by atoms with Crippen LogP contribution in [0.25, 0.3) is 0 Å². The van der Waals surface area contributed by atoms with Crippen molar-refractivity contribution in [1.82, 2.24) is 20.6 Å². The lowest BCUT2D eigenvalue weighted by Gasteiger charge is -2.32. The molecule has 0 fully saturated rings. The van der Waals surface area contributed by atoms with Crippen LogP contribution in [0.3, 0.4) is 0 Å². The van der Waals surface area contributed by atoms with Crippen molar-refractivity contribution >= 4 is 22.8 Å². The molecule has 6 nitrogen and oxygen atoms in total. The van der Waals surface area contributed by atoms with Crippen molar-refractivity contribution in [2.45, 2.75) is 11.2 Å². The van der Waals surface area contributed by atoms with Crippen LogP contribution in [0.15, 0.2) is 35.6 Å². The van der Waals surface area contributed by atoms with Crippen molar-refractivity contribution < 1.29 is 9.39 Å². The molecule has 2 heterocycles. The van der Waals surface area contributed by atoms with E-state index in [4.69, 9.17) is 16.4 Å². The van der Waals surface area contributed by atoms with Gasteiger partial charge in [0.2, 0.25) is 0 Å². The Hall–Kier alpha value is -1.38. The summed E-state index contributed by atoms with van der Waals surface area (Å²) < 4.78 is 11.6. The maximum absolute atomic E-state index is 11.6. The number of nitrogens with zero attached hydrogens (tertiary/aromatic N) is 3. The van der Waals surface area contributed by atoms with Crippen LogP contribution in [0.2, 0.25) is 5.02 Å². The number of hydroxylamine groups is 1. The Morgan fingerprint density at radius 1 is 1.43 bits per heavy atom. The molecule has 1 aliphatic heterocycles. The highest BCUT2D eigenvalue weighted by atomic mass is 35.5. The smallest absolute Gasteiger partial charge is 0.342 e. The molecule has 0 bridgehead atoms. The van der Waals surface area contributed by atoms with Gasteiger partial charge in [0.15, 0.2) is 5.75 Å². The minimum atomic E-state index is -1.26. The van der Waals surface area contributed by atoms with Crippen molar-refractivity contribution in [1.29, 1.82) is 0 Å². The summed E-state index contributed by atoms with van der Waals surface area (Å²) in [6, 6.07) is 7.19. The molecule has 21 heavy (non-hydrogen) atoms. The lowest BCUT2D eigenvalue weighted by Crippen LogP contribution is -2.45. The zero-order valence-corrected chi connectivity index (χ0v) is 13.0. The summed E-state index contributed by atoms with van der Waals surface area (Å²) in [6.45, 7) is 0. The molecule has 1 aliphatic rings. The molecule has 110 valence electrons. The fraction of sp³-hybridized carbons (Fsp3) is 0.231. The maximum atomic E-state index is 11.6. The summed E-state index contributed by atoms with van der Waals surface area (Å²) in [4.78, 5) is 13.9. The number of fused-ring (bicyclic) bond motifs is 1. The molecule has 0 amide bonds. The summed E-state index contributed by atoms with van der Waals surface area (Å²) in [6.07, 6.45) is 3.07. The molecule has 1 N–H and O–H groups in total. The van der Waals surface area contributed by atoms with Gasteiger partial charge in [-0.1, -0.05) is 35.0 Å². The first-order valence-electron chi connectivity index (χ1n) is 6.19. The van der Waals surface area contributed by atoms with Gasteiger partial charge < -0.3 is 9.39 Å². The zero-order valence-electron chi connectivity index (χ0n) is 11.4. The minimum Gasteiger partial charge on any atom is -0.609 e. The number of benzene rings is 1. The minimum absolute atomic E-state index is 0.265. The van der Waals surface area contributed by atoms with Crippen molar-refractivity contribution in [3.8, 4) is 5.75 Å². The summed E-state index contributed by atoms with van der Waals surface area (Å²) >= 11 is 5.01. The largest absolute Gasteiger partial charge is 0.609 e. The highest BCUT2D eigenvalue weighted by molar-refractivity contribution is 7.90. The second kappa shape index (κ2) is 5.78. The Kier molecular flexibility index (Phi) is 4.01. The average molecular weight is 325 g/mol. The van der Waals surface area contributed by atoms with E-state index in [1.165, 1.54) is 17.6 Å². The Morgan fingerprint density at radius 3 is 2.90 bits per heavy atom. The van der Waals surface area contributed by atoms with E-state index in [0.717, 1.165) is 5.56 Å². The standard InChI is InChI=1S/C13H13ClN4O2S/c1-18-17-11(8-5-3-4-6-9(8)14)12-10(20-18)7-15-13(16-12)21(2)19/h3-7,11,17H,1-2H3. The van der Waals surface area contributed by atoms with E-state index in [2.05, 4.69) is 15.4 Å². The second-order valence-electron chi connectivity index (χ2n) is 4.53. The van der Waals surface area contributed by atoms with Gasteiger partial charge in [0.05, 0.1) is 12.2 Å². The highest BCUT2D eigenvalue weighted by Crippen LogP contribution is 2.35. The monoisotopic (exact) mass is 324 g/mol. The Morgan fingerprint density at radius 2 is 2.19 bits per heavy atom. The van der Waals surface area contributed by atoms with Gasteiger partial charge >= 0.3 is 5.16 Å². The molecule has 0 saturated heterocycles. The molecule has 8 heteroatoms. The van der Waals surface area contributed by atoms with Crippen LogP contribution in [0.1, 0.15) is 17.3 Å². The van der Waals surface area contributed by atoms with Gasteiger partial charge in [-0.3, -0.25) is 0 Å². The number of hydrogen-bond acceptors (Lipinski definition) is 6. The molecule has 0 aliphatic carbocycles. The van der Waals surface area contributed by atoms with Crippen LogP contribution in [0, 0.1) is 0 Å². The SMILES string of the molecule is CN1NC(c2ccccc2Cl)c2nc([S+](C)[O-])ncc2O1. The van der Waals surface area contributed by atoms with E-state index >= 15 is 0 Å². The molecule has 0 radical (unpaired) electrons. The van der Waals surface area contributed by atoms with Crippen molar-refractivity contribution in [3.05, 3.63) is 46.7 Å². The van der Waals surface area contributed by atoms with Gasteiger partial charge in [0.1, 0.15) is 11.9 Å². The number of nitrogens with one attached hydrogen (secondary N) is 1. The van der Waals surface area contributed by atoms with Crippen LogP contribution in [0.4, 0.5) is 0 Å². The molecular weight excluding hydrogens is 312 g/mol. The predicted octanol–water partition coefficient (Wildman–Crippen LogP) is 1.70. The van der Waals surface area contributed by atoms with Gasteiger partial charge in [0, 0.05) is 23.2 Å². The van der Waals surface area contributed by atoms with Gasteiger partial charge in [0.25, 0.3) is 0 Å². The van der Waals surface area contributed by atoms with Crippen LogP contribution in [-0.4, -0.2) is 33.0 Å². The first-order valence-corrected chi connectivity index (χ1v) is 8.12. The fourth-order valence-electron chi connectivity index (χ4n) is 2.13. The molecule has 2 unspecified atom stereocenters.